The molecule has 0 unspecified atom stereocenters. The number of ether oxygens (including phenoxy) is 2. The van der Waals surface area contributed by atoms with Gasteiger partial charge in [-0.15, -0.1) is 10.2 Å². The first-order valence-corrected chi connectivity index (χ1v) is 11.6. The third kappa shape index (κ3) is 5.86. The SMILES string of the molecule is CCCc1nnc(SCc2ccc(Br)cc2)n1/N=C/c1ccc(OCC)c(OC)c1. The van der Waals surface area contributed by atoms with E-state index in [2.05, 4.69) is 50.3 Å². The fraction of sp³-hybridized carbons (Fsp3) is 0.318. The third-order valence-corrected chi connectivity index (χ3v) is 5.76. The fourth-order valence-electron chi connectivity index (χ4n) is 2.77. The summed E-state index contributed by atoms with van der Waals surface area (Å²) in [7, 11) is 1.63. The summed E-state index contributed by atoms with van der Waals surface area (Å²) >= 11 is 5.09. The lowest BCUT2D eigenvalue weighted by atomic mass is 10.2. The monoisotopic (exact) mass is 488 g/mol. The molecule has 0 amide bonds. The van der Waals surface area contributed by atoms with Crippen molar-refractivity contribution < 1.29 is 9.47 Å². The minimum absolute atomic E-state index is 0.587. The van der Waals surface area contributed by atoms with Crippen LogP contribution in [0.15, 0.2) is 57.2 Å². The van der Waals surface area contributed by atoms with Crippen LogP contribution in [0.25, 0.3) is 0 Å². The van der Waals surface area contributed by atoms with Gasteiger partial charge in [0.1, 0.15) is 0 Å². The topological polar surface area (TPSA) is 61.5 Å². The molecule has 3 rings (SSSR count). The minimum atomic E-state index is 0.587. The summed E-state index contributed by atoms with van der Waals surface area (Å²) in [4.78, 5) is 0. The lowest BCUT2D eigenvalue weighted by Crippen LogP contribution is -2.01. The molecule has 30 heavy (non-hydrogen) atoms. The highest BCUT2D eigenvalue weighted by Gasteiger charge is 2.12. The Hall–Kier alpha value is -2.32. The molecule has 2 aromatic carbocycles. The molecule has 0 fully saturated rings. The van der Waals surface area contributed by atoms with Gasteiger partial charge in [-0.3, -0.25) is 0 Å². The Morgan fingerprint density at radius 3 is 2.60 bits per heavy atom. The van der Waals surface area contributed by atoms with Crippen LogP contribution in [0.2, 0.25) is 0 Å². The molecule has 0 aliphatic carbocycles. The van der Waals surface area contributed by atoms with Crippen molar-refractivity contribution in [2.75, 3.05) is 13.7 Å². The molecule has 1 aromatic heterocycles. The van der Waals surface area contributed by atoms with Gasteiger partial charge in [-0.2, -0.15) is 9.78 Å². The van der Waals surface area contributed by atoms with Crippen molar-refractivity contribution in [2.45, 2.75) is 37.6 Å². The summed E-state index contributed by atoms with van der Waals surface area (Å²) in [6.07, 6.45) is 3.59. The number of nitrogens with zero attached hydrogens (tertiary/aromatic N) is 4. The average molecular weight is 489 g/mol. The lowest BCUT2D eigenvalue weighted by Gasteiger charge is -2.09. The van der Waals surface area contributed by atoms with Crippen LogP contribution in [0.3, 0.4) is 0 Å². The molecule has 1 heterocycles. The van der Waals surface area contributed by atoms with E-state index in [1.807, 2.05) is 41.9 Å². The Bertz CT molecular complexity index is 989. The molecule has 0 saturated heterocycles. The standard InChI is InChI=1S/C22H25BrN4O2S/c1-4-6-21-25-26-22(30-15-16-7-10-18(23)11-8-16)27(21)24-14-17-9-12-19(29-5-2)20(13-17)28-3/h7-14H,4-6,15H2,1-3H3/b24-14+. The van der Waals surface area contributed by atoms with Crippen molar-refractivity contribution in [3.63, 3.8) is 0 Å². The predicted octanol–water partition coefficient (Wildman–Crippen LogP) is 5.57. The highest BCUT2D eigenvalue weighted by Crippen LogP contribution is 2.28. The van der Waals surface area contributed by atoms with Gasteiger partial charge >= 0.3 is 0 Å². The maximum absolute atomic E-state index is 5.58. The molecular weight excluding hydrogens is 464 g/mol. The second-order valence-electron chi connectivity index (χ2n) is 6.46. The van der Waals surface area contributed by atoms with Gasteiger partial charge in [0.2, 0.25) is 5.16 Å². The second kappa shape index (κ2) is 11.2. The third-order valence-electron chi connectivity index (χ3n) is 4.24. The molecule has 3 aromatic rings. The predicted molar refractivity (Wildman–Crippen MR) is 125 cm³/mol. The van der Waals surface area contributed by atoms with Gasteiger partial charge in [0.15, 0.2) is 17.3 Å². The van der Waals surface area contributed by atoms with Crippen molar-refractivity contribution in [3.05, 3.63) is 63.9 Å². The second-order valence-corrected chi connectivity index (χ2v) is 8.32. The number of halogens is 1. The van der Waals surface area contributed by atoms with Gasteiger partial charge in [-0.1, -0.05) is 46.7 Å². The van der Waals surface area contributed by atoms with Crippen molar-refractivity contribution in [1.29, 1.82) is 0 Å². The van der Waals surface area contributed by atoms with Crippen LogP contribution in [0.1, 0.15) is 37.2 Å². The number of aryl methyl sites for hydroxylation is 1. The van der Waals surface area contributed by atoms with Crippen molar-refractivity contribution in [3.8, 4) is 11.5 Å². The van der Waals surface area contributed by atoms with Crippen LogP contribution in [-0.2, 0) is 12.2 Å². The van der Waals surface area contributed by atoms with E-state index in [1.165, 1.54) is 5.56 Å². The summed E-state index contributed by atoms with van der Waals surface area (Å²) in [5, 5.41) is 14.2. The molecule has 0 spiro atoms. The number of thioether (sulfide) groups is 1. The quantitative estimate of drug-likeness (QED) is 0.275. The molecule has 158 valence electrons. The first-order chi connectivity index (χ1) is 14.6. The number of methoxy groups -OCH3 is 1. The van der Waals surface area contributed by atoms with Gasteiger partial charge in [0, 0.05) is 16.6 Å². The molecule has 0 atom stereocenters. The van der Waals surface area contributed by atoms with Crippen molar-refractivity contribution in [2.24, 2.45) is 5.10 Å². The molecule has 8 heteroatoms. The van der Waals surface area contributed by atoms with Crippen LogP contribution in [-0.4, -0.2) is 34.8 Å². The zero-order valence-electron chi connectivity index (χ0n) is 17.3. The van der Waals surface area contributed by atoms with Crippen molar-refractivity contribution in [1.82, 2.24) is 14.9 Å². The first kappa shape index (κ1) is 22.4. The zero-order chi connectivity index (χ0) is 21.3. The number of benzene rings is 2. The normalized spacial score (nSPS) is 11.2. The minimum Gasteiger partial charge on any atom is -0.493 e. The Labute approximate surface area is 189 Å². The summed E-state index contributed by atoms with van der Waals surface area (Å²) in [5.74, 6) is 3.05. The Morgan fingerprint density at radius 1 is 1.10 bits per heavy atom. The molecule has 0 aliphatic heterocycles. The van der Waals surface area contributed by atoms with E-state index < -0.39 is 0 Å². The van der Waals surface area contributed by atoms with E-state index in [9.17, 15) is 0 Å². The van der Waals surface area contributed by atoms with Gasteiger partial charge in [0.25, 0.3) is 0 Å². The number of rotatable bonds is 10. The summed E-state index contributed by atoms with van der Waals surface area (Å²) in [5.41, 5.74) is 2.13. The van der Waals surface area contributed by atoms with Crippen LogP contribution in [0.5, 0.6) is 11.5 Å². The summed E-state index contributed by atoms with van der Waals surface area (Å²) in [6.45, 7) is 4.65. The van der Waals surface area contributed by atoms with E-state index in [4.69, 9.17) is 9.47 Å². The van der Waals surface area contributed by atoms with E-state index in [1.54, 1.807) is 25.1 Å². The molecule has 0 N–H and O–H groups in total. The molecular formula is C22H25BrN4O2S. The summed E-state index contributed by atoms with van der Waals surface area (Å²) < 4.78 is 13.9. The zero-order valence-corrected chi connectivity index (χ0v) is 19.7. The highest BCUT2D eigenvalue weighted by molar-refractivity contribution is 9.10. The average Bonchev–Trinajstić information content (AvgIpc) is 3.14. The first-order valence-electron chi connectivity index (χ1n) is 9.81. The molecule has 6 nitrogen and oxygen atoms in total. The number of hydrogen-bond donors (Lipinski definition) is 0. The highest BCUT2D eigenvalue weighted by atomic mass is 79.9. The largest absolute Gasteiger partial charge is 0.493 e. The van der Waals surface area contributed by atoms with Crippen LogP contribution in [0, 0.1) is 0 Å². The van der Waals surface area contributed by atoms with Gasteiger partial charge in [0.05, 0.1) is 19.9 Å². The maximum Gasteiger partial charge on any atom is 0.212 e. The fourth-order valence-corrected chi connectivity index (χ4v) is 3.90. The van der Waals surface area contributed by atoms with Gasteiger partial charge < -0.3 is 9.47 Å². The van der Waals surface area contributed by atoms with Gasteiger partial charge in [-0.05, 0) is 54.8 Å². The Balaban J connectivity index is 1.81. The van der Waals surface area contributed by atoms with Crippen LogP contribution < -0.4 is 9.47 Å². The molecule has 0 saturated carbocycles. The van der Waals surface area contributed by atoms with Crippen LogP contribution in [0.4, 0.5) is 0 Å². The van der Waals surface area contributed by atoms with E-state index in [0.29, 0.717) is 12.4 Å². The van der Waals surface area contributed by atoms with E-state index in [0.717, 1.165) is 45.4 Å². The Kier molecular flexibility index (Phi) is 8.33. The Morgan fingerprint density at radius 2 is 1.90 bits per heavy atom. The molecule has 0 bridgehead atoms. The molecule has 0 aliphatic rings. The van der Waals surface area contributed by atoms with Crippen LogP contribution >= 0.6 is 27.7 Å². The lowest BCUT2D eigenvalue weighted by molar-refractivity contribution is 0.311. The summed E-state index contributed by atoms with van der Waals surface area (Å²) in [6, 6.07) is 14.0. The number of hydrogen-bond acceptors (Lipinski definition) is 6. The van der Waals surface area contributed by atoms with E-state index in [-0.39, 0.29) is 0 Å². The maximum atomic E-state index is 5.58. The van der Waals surface area contributed by atoms with Crippen molar-refractivity contribution >= 4 is 33.9 Å². The van der Waals surface area contributed by atoms with E-state index >= 15 is 0 Å². The molecule has 0 radical (unpaired) electrons. The smallest absolute Gasteiger partial charge is 0.212 e. The van der Waals surface area contributed by atoms with Gasteiger partial charge in [-0.25, -0.2) is 0 Å². The number of aromatic nitrogens is 3.